The first-order valence-electron chi connectivity index (χ1n) is 6.06. The Morgan fingerprint density at radius 2 is 2.22 bits per heavy atom. The van der Waals surface area contributed by atoms with Crippen molar-refractivity contribution in [2.45, 2.75) is 13.3 Å². The molecule has 3 nitrogen and oxygen atoms in total. The standard InChI is InChI=1S/C15H16N2O/c1-3-9-17(10-4-2)15(18)13-11-16-14-8-6-5-7-12(13)14/h1,5-8,11,16H,4,9-10H2,2H3. The number of para-hydroxylation sites is 1. The molecular weight excluding hydrogens is 224 g/mol. The number of nitrogens with one attached hydrogen (secondary N) is 1. The first-order chi connectivity index (χ1) is 8.77. The molecule has 0 saturated heterocycles. The summed E-state index contributed by atoms with van der Waals surface area (Å²) in [6.45, 7) is 3.07. The van der Waals surface area contributed by atoms with Crippen molar-refractivity contribution >= 4 is 16.8 Å². The fourth-order valence-corrected chi connectivity index (χ4v) is 2.05. The second-order valence-electron chi connectivity index (χ2n) is 4.18. The van der Waals surface area contributed by atoms with Gasteiger partial charge >= 0.3 is 0 Å². The maximum absolute atomic E-state index is 12.4. The highest BCUT2D eigenvalue weighted by Crippen LogP contribution is 2.19. The summed E-state index contributed by atoms with van der Waals surface area (Å²) >= 11 is 0. The van der Waals surface area contributed by atoms with E-state index >= 15 is 0 Å². The normalized spacial score (nSPS) is 10.2. The summed E-state index contributed by atoms with van der Waals surface area (Å²) in [6.07, 6.45) is 7.97. The van der Waals surface area contributed by atoms with Crippen LogP contribution in [0.1, 0.15) is 23.7 Å². The first-order valence-corrected chi connectivity index (χ1v) is 6.06. The molecule has 2 aromatic rings. The number of benzene rings is 1. The minimum Gasteiger partial charge on any atom is -0.360 e. The topological polar surface area (TPSA) is 36.1 Å². The SMILES string of the molecule is C#CCN(CCC)C(=O)c1c[nH]c2ccccc12. The fraction of sp³-hybridized carbons (Fsp3) is 0.267. The van der Waals surface area contributed by atoms with Crippen molar-refractivity contribution in [2.24, 2.45) is 0 Å². The molecule has 1 N–H and O–H groups in total. The number of amides is 1. The fourth-order valence-electron chi connectivity index (χ4n) is 2.05. The lowest BCUT2D eigenvalue weighted by Crippen LogP contribution is -2.31. The van der Waals surface area contributed by atoms with Gasteiger partial charge in [-0.25, -0.2) is 0 Å². The lowest BCUT2D eigenvalue weighted by Gasteiger charge is -2.18. The predicted octanol–water partition coefficient (Wildman–Crippen LogP) is 2.65. The van der Waals surface area contributed by atoms with Crippen LogP contribution in [0.25, 0.3) is 10.9 Å². The van der Waals surface area contributed by atoms with Gasteiger partial charge in [-0.1, -0.05) is 31.0 Å². The first kappa shape index (κ1) is 12.3. The Labute approximate surface area is 107 Å². The third-order valence-electron chi connectivity index (χ3n) is 2.88. The summed E-state index contributed by atoms with van der Waals surface area (Å²) in [5, 5.41) is 0.945. The number of hydrogen-bond donors (Lipinski definition) is 1. The second-order valence-corrected chi connectivity index (χ2v) is 4.18. The number of aromatic amines is 1. The average molecular weight is 240 g/mol. The van der Waals surface area contributed by atoms with E-state index in [1.165, 1.54) is 0 Å². The lowest BCUT2D eigenvalue weighted by molar-refractivity contribution is 0.0779. The largest absolute Gasteiger partial charge is 0.360 e. The summed E-state index contributed by atoms with van der Waals surface area (Å²) < 4.78 is 0. The summed E-state index contributed by atoms with van der Waals surface area (Å²) in [5.41, 5.74) is 1.66. The van der Waals surface area contributed by atoms with Gasteiger partial charge < -0.3 is 9.88 Å². The Morgan fingerprint density at radius 3 is 2.94 bits per heavy atom. The third-order valence-corrected chi connectivity index (χ3v) is 2.88. The number of terminal acetylenes is 1. The van der Waals surface area contributed by atoms with Crippen molar-refractivity contribution in [3.63, 3.8) is 0 Å². The minimum absolute atomic E-state index is 0.00718. The molecule has 0 unspecified atom stereocenters. The zero-order valence-corrected chi connectivity index (χ0v) is 10.4. The summed E-state index contributed by atoms with van der Waals surface area (Å²) in [5.74, 6) is 2.53. The number of H-pyrrole nitrogens is 1. The van der Waals surface area contributed by atoms with Crippen molar-refractivity contribution in [1.82, 2.24) is 9.88 Å². The smallest absolute Gasteiger partial charge is 0.256 e. The van der Waals surface area contributed by atoms with Crippen molar-refractivity contribution in [3.8, 4) is 12.3 Å². The van der Waals surface area contributed by atoms with Crippen LogP contribution < -0.4 is 0 Å². The monoisotopic (exact) mass is 240 g/mol. The predicted molar refractivity (Wildman–Crippen MR) is 73.3 cm³/mol. The van der Waals surface area contributed by atoms with Gasteiger partial charge in [-0.15, -0.1) is 6.42 Å². The van der Waals surface area contributed by atoms with Gasteiger partial charge in [0.25, 0.3) is 5.91 Å². The van der Waals surface area contributed by atoms with E-state index in [9.17, 15) is 4.79 Å². The zero-order chi connectivity index (χ0) is 13.0. The van der Waals surface area contributed by atoms with Gasteiger partial charge in [0.1, 0.15) is 0 Å². The van der Waals surface area contributed by atoms with E-state index in [1.54, 1.807) is 11.1 Å². The lowest BCUT2D eigenvalue weighted by atomic mass is 10.1. The van der Waals surface area contributed by atoms with E-state index < -0.39 is 0 Å². The van der Waals surface area contributed by atoms with E-state index in [4.69, 9.17) is 6.42 Å². The molecule has 0 radical (unpaired) electrons. The molecule has 0 fully saturated rings. The molecule has 0 saturated carbocycles. The van der Waals surface area contributed by atoms with Crippen molar-refractivity contribution in [2.75, 3.05) is 13.1 Å². The number of aromatic nitrogens is 1. The average Bonchev–Trinajstić information content (AvgIpc) is 2.81. The molecule has 3 heteroatoms. The van der Waals surface area contributed by atoms with E-state index in [0.717, 1.165) is 17.3 Å². The van der Waals surface area contributed by atoms with Crippen LogP contribution in [0.3, 0.4) is 0 Å². The number of carbonyl (C=O) groups is 1. The van der Waals surface area contributed by atoms with E-state index in [2.05, 4.69) is 10.9 Å². The van der Waals surface area contributed by atoms with Crippen LogP contribution in [0.5, 0.6) is 0 Å². The molecule has 1 aromatic heterocycles. The van der Waals surface area contributed by atoms with Gasteiger partial charge in [-0.05, 0) is 12.5 Å². The second kappa shape index (κ2) is 5.42. The number of fused-ring (bicyclic) bond motifs is 1. The molecule has 0 aliphatic heterocycles. The summed E-state index contributed by atoms with van der Waals surface area (Å²) in [7, 11) is 0. The highest BCUT2D eigenvalue weighted by molar-refractivity contribution is 6.06. The quantitative estimate of drug-likeness (QED) is 0.819. The molecule has 2 rings (SSSR count). The van der Waals surface area contributed by atoms with Gasteiger partial charge in [0.15, 0.2) is 0 Å². The van der Waals surface area contributed by atoms with Gasteiger partial charge in [0, 0.05) is 23.6 Å². The summed E-state index contributed by atoms with van der Waals surface area (Å²) in [6, 6.07) is 7.77. The molecule has 18 heavy (non-hydrogen) atoms. The van der Waals surface area contributed by atoms with Crippen molar-refractivity contribution < 1.29 is 4.79 Å². The molecule has 92 valence electrons. The van der Waals surface area contributed by atoms with Crippen molar-refractivity contribution in [1.29, 1.82) is 0 Å². The van der Waals surface area contributed by atoms with Crippen LogP contribution in [-0.2, 0) is 0 Å². The van der Waals surface area contributed by atoms with Gasteiger partial charge in [0.05, 0.1) is 12.1 Å². The zero-order valence-electron chi connectivity index (χ0n) is 10.4. The number of hydrogen-bond acceptors (Lipinski definition) is 1. The molecule has 0 aliphatic carbocycles. The van der Waals surface area contributed by atoms with Crippen LogP contribution >= 0.6 is 0 Å². The van der Waals surface area contributed by atoms with Crippen LogP contribution in [0.2, 0.25) is 0 Å². The van der Waals surface area contributed by atoms with Crippen LogP contribution in [0.15, 0.2) is 30.5 Å². The van der Waals surface area contributed by atoms with E-state index in [1.807, 2.05) is 31.2 Å². The molecule has 1 aromatic carbocycles. The maximum Gasteiger partial charge on any atom is 0.256 e. The molecule has 0 aliphatic rings. The van der Waals surface area contributed by atoms with Gasteiger partial charge in [-0.2, -0.15) is 0 Å². The van der Waals surface area contributed by atoms with Crippen LogP contribution in [-0.4, -0.2) is 28.9 Å². The van der Waals surface area contributed by atoms with E-state index in [-0.39, 0.29) is 5.91 Å². The van der Waals surface area contributed by atoms with E-state index in [0.29, 0.717) is 18.7 Å². The Balaban J connectivity index is 2.35. The molecule has 0 atom stereocenters. The number of carbonyl (C=O) groups excluding carboxylic acids is 1. The molecule has 1 amide bonds. The molecule has 0 spiro atoms. The maximum atomic E-state index is 12.4. The van der Waals surface area contributed by atoms with Crippen LogP contribution in [0, 0.1) is 12.3 Å². The third kappa shape index (κ3) is 2.23. The van der Waals surface area contributed by atoms with Gasteiger partial charge in [0.2, 0.25) is 0 Å². The summed E-state index contributed by atoms with van der Waals surface area (Å²) in [4.78, 5) is 17.2. The van der Waals surface area contributed by atoms with Gasteiger partial charge in [-0.3, -0.25) is 4.79 Å². The molecule has 1 heterocycles. The minimum atomic E-state index is -0.00718. The highest BCUT2D eigenvalue weighted by Gasteiger charge is 2.17. The Hall–Kier alpha value is -2.21. The molecule has 0 bridgehead atoms. The Morgan fingerprint density at radius 1 is 1.44 bits per heavy atom. The van der Waals surface area contributed by atoms with Crippen LogP contribution in [0.4, 0.5) is 0 Å². The Kier molecular flexibility index (Phi) is 3.69. The Bertz CT molecular complexity index is 592. The number of nitrogens with zero attached hydrogens (tertiary/aromatic N) is 1. The van der Waals surface area contributed by atoms with Crippen molar-refractivity contribution in [3.05, 3.63) is 36.0 Å². The number of rotatable bonds is 4. The highest BCUT2D eigenvalue weighted by atomic mass is 16.2. The molecular formula is C15H16N2O.